The first kappa shape index (κ1) is 21.3. The molecule has 9 nitrogen and oxygen atoms in total. The number of hydrogen-bond acceptors (Lipinski definition) is 6. The van der Waals surface area contributed by atoms with Crippen molar-refractivity contribution in [3.8, 4) is 17.2 Å². The normalized spacial score (nSPS) is 11.4. The molecule has 0 saturated carbocycles. The van der Waals surface area contributed by atoms with E-state index in [2.05, 4.69) is 0 Å². The molecule has 2 aromatic carbocycles. The lowest BCUT2D eigenvalue weighted by Gasteiger charge is -2.21. The maximum atomic E-state index is 13.3. The van der Waals surface area contributed by atoms with E-state index in [0.29, 0.717) is 16.6 Å². The third-order valence-corrected chi connectivity index (χ3v) is 6.63. The Labute approximate surface area is 174 Å². The molecule has 0 fully saturated rings. The number of aryl methyl sites for hydroxylation is 1. The summed E-state index contributed by atoms with van der Waals surface area (Å²) in [5.74, 6) is -0.405. The second-order valence-corrected chi connectivity index (χ2v) is 8.46. The van der Waals surface area contributed by atoms with Crippen LogP contribution in [0.2, 0.25) is 0 Å². The molecule has 160 valence electrons. The van der Waals surface area contributed by atoms with Gasteiger partial charge in [-0.1, -0.05) is 0 Å². The van der Waals surface area contributed by atoms with Crippen molar-refractivity contribution in [3.05, 3.63) is 42.1 Å². The number of carbonyl (C=O) groups is 1. The number of sulfonamides is 1. The van der Waals surface area contributed by atoms with Crippen molar-refractivity contribution in [2.75, 3.05) is 32.7 Å². The number of aromatic carboxylic acids is 1. The van der Waals surface area contributed by atoms with Gasteiger partial charge in [-0.05, 0) is 18.2 Å². The summed E-state index contributed by atoms with van der Waals surface area (Å²) in [5.41, 5.74) is 1.08. The summed E-state index contributed by atoms with van der Waals surface area (Å²) >= 11 is 0. The maximum Gasteiger partial charge on any atom is 0.337 e. The van der Waals surface area contributed by atoms with Gasteiger partial charge in [0.05, 0.1) is 37.5 Å². The molecule has 30 heavy (non-hydrogen) atoms. The zero-order valence-electron chi connectivity index (χ0n) is 17.2. The number of aromatic nitrogens is 1. The van der Waals surface area contributed by atoms with E-state index in [1.807, 2.05) is 0 Å². The van der Waals surface area contributed by atoms with Crippen molar-refractivity contribution in [1.82, 2.24) is 4.57 Å². The Morgan fingerprint density at radius 3 is 2.13 bits per heavy atom. The van der Waals surface area contributed by atoms with Crippen LogP contribution < -0.4 is 18.5 Å². The summed E-state index contributed by atoms with van der Waals surface area (Å²) < 4.78 is 45.0. The predicted octanol–water partition coefficient (Wildman–Crippen LogP) is 2.73. The van der Waals surface area contributed by atoms with Crippen LogP contribution in [0.5, 0.6) is 17.2 Å². The Morgan fingerprint density at radius 1 is 1.03 bits per heavy atom. The molecule has 10 heteroatoms. The van der Waals surface area contributed by atoms with Crippen LogP contribution in [-0.4, -0.2) is 52.4 Å². The summed E-state index contributed by atoms with van der Waals surface area (Å²) in [6.45, 7) is 0. The third-order valence-electron chi connectivity index (χ3n) is 4.86. The Morgan fingerprint density at radius 2 is 1.63 bits per heavy atom. The highest BCUT2D eigenvalue weighted by Crippen LogP contribution is 2.40. The lowest BCUT2D eigenvalue weighted by Crippen LogP contribution is -2.26. The molecule has 0 saturated heterocycles. The monoisotopic (exact) mass is 434 g/mol. The van der Waals surface area contributed by atoms with E-state index in [9.17, 15) is 18.3 Å². The van der Waals surface area contributed by atoms with Gasteiger partial charge in [0.1, 0.15) is 0 Å². The topological polar surface area (TPSA) is 107 Å². The molecule has 0 amide bonds. The molecular formula is C20H22N2O7S. The maximum absolute atomic E-state index is 13.3. The highest BCUT2D eigenvalue weighted by molar-refractivity contribution is 7.92. The van der Waals surface area contributed by atoms with Gasteiger partial charge in [-0.25, -0.2) is 13.2 Å². The number of methoxy groups -OCH3 is 3. The number of ether oxygens (including phenoxy) is 3. The van der Waals surface area contributed by atoms with Crippen LogP contribution in [0.3, 0.4) is 0 Å². The van der Waals surface area contributed by atoms with Crippen molar-refractivity contribution < 1.29 is 32.5 Å². The summed E-state index contributed by atoms with van der Waals surface area (Å²) in [6, 6.07) is 7.52. The Balaban J connectivity index is 2.13. The van der Waals surface area contributed by atoms with Crippen molar-refractivity contribution in [2.24, 2.45) is 7.05 Å². The fraction of sp³-hybridized carbons (Fsp3) is 0.250. The Kier molecular flexibility index (Phi) is 5.53. The third kappa shape index (κ3) is 3.39. The number of anilines is 1. The standard InChI is InChI=1S/C20H22N2O7S/c1-21-11-15(20(23)24)14-8-12(6-7-16(14)21)22(2)30(25,26)13-9-17(27-3)19(29-5)18(10-13)28-4/h6-11H,1-5H3,(H,23,24). The van der Waals surface area contributed by atoms with Gasteiger partial charge in [0.15, 0.2) is 11.5 Å². The fourth-order valence-corrected chi connectivity index (χ4v) is 4.47. The summed E-state index contributed by atoms with van der Waals surface area (Å²) in [6.07, 6.45) is 1.49. The molecule has 0 aliphatic rings. The molecule has 0 spiro atoms. The van der Waals surface area contributed by atoms with Gasteiger partial charge >= 0.3 is 5.97 Å². The number of carboxylic acids is 1. The molecule has 0 unspecified atom stereocenters. The van der Waals surface area contributed by atoms with Crippen LogP contribution >= 0.6 is 0 Å². The van der Waals surface area contributed by atoms with Crippen molar-refractivity contribution in [2.45, 2.75) is 4.90 Å². The van der Waals surface area contributed by atoms with Crippen LogP contribution in [0.4, 0.5) is 5.69 Å². The second kappa shape index (κ2) is 7.79. The molecule has 0 aliphatic heterocycles. The number of benzene rings is 2. The average Bonchev–Trinajstić information content (AvgIpc) is 3.08. The largest absolute Gasteiger partial charge is 0.493 e. The minimum atomic E-state index is -4.01. The van der Waals surface area contributed by atoms with E-state index in [1.165, 1.54) is 52.8 Å². The van der Waals surface area contributed by atoms with Gasteiger partial charge in [0, 0.05) is 43.3 Å². The van der Waals surface area contributed by atoms with Crippen LogP contribution in [0, 0.1) is 0 Å². The lowest BCUT2D eigenvalue weighted by atomic mass is 10.1. The highest BCUT2D eigenvalue weighted by Gasteiger charge is 2.26. The van der Waals surface area contributed by atoms with E-state index in [1.54, 1.807) is 23.7 Å². The van der Waals surface area contributed by atoms with E-state index >= 15 is 0 Å². The van der Waals surface area contributed by atoms with Crippen molar-refractivity contribution in [3.63, 3.8) is 0 Å². The molecule has 0 aliphatic carbocycles. The van der Waals surface area contributed by atoms with Gasteiger partial charge in [0.2, 0.25) is 5.75 Å². The van der Waals surface area contributed by atoms with E-state index in [4.69, 9.17) is 14.2 Å². The Bertz CT molecular complexity index is 1210. The molecule has 1 heterocycles. The molecule has 3 rings (SSSR count). The van der Waals surface area contributed by atoms with Gasteiger partial charge in [-0.15, -0.1) is 0 Å². The quantitative estimate of drug-likeness (QED) is 0.609. The average molecular weight is 434 g/mol. The van der Waals surface area contributed by atoms with Gasteiger partial charge < -0.3 is 23.9 Å². The van der Waals surface area contributed by atoms with Gasteiger partial charge in [-0.3, -0.25) is 4.31 Å². The fourth-order valence-electron chi connectivity index (χ4n) is 3.25. The second-order valence-electron chi connectivity index (χ2n) is 6.49. The lowest BCUT2D eigenvalue weighted by molar-refractivity contribution is 0.0699. The van der Waals surface area contributed by atoms with Gasteiger partial charge in [-0.2, -0.15) is 0 Å². The minimum Gasteiger partial charge on any atom is -0.493 e. The predicted molar refractivity (Wildman–Crippen MR) is 112 cm³/mol. The van der Waals surface area contributed by atoms with Crippen LogP contribution in [0.15, 0.2) is 41.4 Å². The van der Waals surface area contributed by atoms with E-state index < -0.39 is 16.0 Å². The molecule has 1 aromatic heterocycles. The van der Waals surface area contributed by atoms with Gasteiger partial charge in [0.25, 0.3) is 10.0 Å². The first-order valence-corrected chi connectivity index (χ1v) is 10.2. The van der Waals surface area contributed by atoms with Crippen LogP contribution in [-0.2, 0) is 17.1 Å². The molecule has 1 N–H and O–H groups in total. The summed E-state index contributed by atoms with van der Waals surface area (Å²) in [5, 5.41) is 9.88. The van der Waals surface area contributed by atoms with E-state index in [0.717, 1.165) is 4.31 Å². The zero-order chi connectivity index (χ0) is 22.2. The SMILES string of the molecule is COc1cc(S(=O)(=O)N(C)c2ccc3c(c2)c(C(=O)O)cn3C)cc(OC)c1OC. The molecular weight excluding hydrogens is 412 g/mol. The zero-order valence-corrected chi connectivity index (χ0v) is 18.0. The van der Waals surface area contributed by atoms with Crippen LogP contribution in [0.1, 0.15) is 10.4 Å². The number of rotatable bonds is 7. The molecule has 0 radical (unpaired) electrons. The molecule has 0 atom stereocenters. The van der Waals surface area contributed by atoms with Crippen LogP contribution in [0.25, 0.3) is 10.9 Å². The highest BCUT2D eigenvalue weighted by atomic mass is 32.2. The first-order valence-electron chi connectivity index (χ1n) is 8.77. The molecule has 3 aromatic rings. The van der Waals surface area contributed by atoms with Crippen molar-refractivity contribution >= 4 is 32.6 Å². The number of nitrogens with zero attached hydrogens (tertiary/aromatic N) is 2. The first-order chi connectivity index (χ1) is 14.1. The number of fused-ring (bicyclic) bond motifs is 1. The summed E-state index contributed by atoms with van der Waals surface area (Å²) in [4.78, 5) is 11.5. The van der Waals surface area contributed by atoms with E-state index in [-0.39, 0.29) is 27.7 Å². The van der Waals surface area contributed by atoms with Crippen molar-refractivity contribution in [1.29, 1.82) is 0 Å². The number of hydrogen-bond donors (Lipinski definition) is 1. The minimum absolute atomic E-state index is 0.0638. The molecule has 0 bridgehead atoms. The smallest absolute Gasteiger partial charge is 0.337 e. The number of carboxylic acid groups (broad SMARTS) is 1. The summed E-state index contributed by atoms with van der Waals surface area (Å²) in [7, 11) is 3.33. The Hall–Kier alpha value is -3.40.